The molecule has 0 atom stereocenters. The lowest BCUT2D eigenvalue weighted by molar-refractivity contribution is 0.241. The number of amides is 2. The maximum atomic E-state index is 11.9. The third-order valence-electron chi connectivity index (χ3n) is 3.41. The second-order valence-electron chi connectivity index (χ2n) is 5.21. The van der Waals surface area contributed by atoms with Crippen LogP contribution in [0.1, 0.15) is 5.56 Å². The SMILES string of the molecule is COc1ccc(CNC(=O)NCCNc2ncc(Cl)cc2Cl)cc1OC. The number of benzene rings is 1. The van der Waals surface area contributed by atoms with Crippen LogP contribution in [0, 0.1) is 0 Å². The molecule has 9 heteroatoms. The largest absolute Gasteiger partial charge is 0.493 e. The Bertz CT molecular complexity index is 759. The summed E-state index contributed by atoms with van der Waals surface area (Å²) in [5, 5.41) is 9.43. The first-order valence-electron chi connectivity index (χ1n) is 7.81. The molecular weight excluding hydrogens is 379 g/mol. The number of hydrogen-bond donors (Lipinski definition) is 3. The summed E-state index contributed by atoms with van der Waals surface area (Å²) in [7, 11) is 3.14. The standard InChI is InChI=1S/C17H20Cl2N4O3/c1-25-14-4-3-11(7-15(14)26-2)9-23-17(24)21-6-5-20-16-13(19)8-12(18)10-22-16/h3-4,7-8,10H,5-6,9H2,1-2H3,(H,20,22)(H2,21,23,24). The smallest absolute Gasteiger partial charge is 0.315 e. The lowest BCUT2D eigenvalue weighted by Gasteiger charge is -2.11. The summed E-state index contributed by atoms with van der Waals surface area (Å²) in [6.07, 6.45) is 1.50. The highest BCUT2D eigenvalue weighted by Crippen LogP contribution is 2.27. The Labute approximate surface area is 162 Å². The topological polar surface area (TPSA) is 84.5 Å². The zero-order chi connectivity index (χ0) is 18.9. The number of halogens is 2. The Morgan fingerprint density at radius 1 is 1.08 bits per heavy atom. The van der Waals surface area contributed by atoms with Crippen LogP contribution >= 0.6 is 23.2 Å². The number of urea groups is 1. The van der Waals surface area contributed by atoms with E-state index in [1.807, 2.05) is 12.1 Å². The van der Waals surface area contributed by atoms with Gasteiger partial charge in [0.1, 0.15) is 5.82 Å². The molecule has 140 valence electrons. The molecular formula is C17H20Cl2N4O3. The Balaban J connectivity index is 1.72. The minimum atomic E-state index is -0.281. The number of ether oxygens (including phenoxy) is 2. The summed E-state index contributed by atoms with van der Waals surface area (Å²) in [6, 6.07) is 6.78. The van der Waals surface area contributed by atoms with E-state index < -0.39 is 0 Å². The number of pyridine rings is 1. The van der Waals surface area contributed by atoms with Gasteiger partial charge in [-0.05, 0) is 23.8 Å². The zero-order valence-corrected chi connectivity index (χ0v) is 15.9. The van der Waals surface area contributed by atoms with Gasteiger partial charge in [-0.1, -0.05) is 29.3 Å². The fourth-order valence-electron chi connectivity index (χ4n) is 2.14. The Morgan fingerprint density at radius 3 is 2.54 bits per heavy atom. The minimum Gasteiger partial charge on any atom is -0.493 e. The van der Waals surface area contributed by atoms with E-state index >= 15 is 0 Å². The molecule has 0 saturated heterocycles. The van der Waals surface area contributed by atoms with Crippen LogP contribution < -0.4 is 25.4 Å². The van der Waals surface area contributed by atoms with E-state index in [0.29, 0.717) is 47.0 Å². The number of anilines is 1. The molecule has 0 bridgehead atoms. The van der Waals surface area contributed by atoms with Gasteiger partial charge in [0.2, 0.25) is 0 Å². The van der Waals surface area contributed by atoms with Crippen LogP contribution in [0.25, 0.3) is 0 Å². The molecule has 1 heterocycles. The molecule has 0 fully saturated rings. The van der Waals surface area contributed by atoms with E-state index in [1.165, 1.54) is 6.20 Å². The van der Waals surface area contributed by atoms with Crippen LogP contribution in [0.5, 0.6) is 11.5 Å². The van der Waals surface area contributed by atoms with Crippen LogP contribution in [0.15, 0.2) is 30.5 Å². The number of nitrogens with one attached hydrogen (secondary N) is 3. The van der Waals surface area contributed by atoms with Crippen LogP contribution in [-0.4, -0.2) is 38.3 Å². The van der Waals surface area contributed by atoms with E-state index in [2.05, 4.69) is 20.9 Å². The van der Waals surface area contributed by atoms with Crippen LogP contribution in [0.2, 0.25) is 10.0 Å². The highest BCUT2D eigenvalue weighted by atomic mass is 35.5. The van der Waals surface area contributed by atoms with Gasteiger partial charge >= 0.3 is 6.03 Å². The fraction of sp³-hybridized carbons (Fsp3) is 0.294. The highest BCUT2D eigenvalue weighted by Gasteiger charge is 2.06. The van der Waals surface area contributed by atoms with Gasteiger partial charge in [0.25, 0.3) is 0 Å². The third-order valence-corrected chi connectivity index (χ3v) is 3.91. The number of rotatable bonds is 8. The number of nitrogens with zero attached hydrogens (tertiary/aromatic N) is 1. The first-order chi connectivity index (χ1) is 12.5. The summed E-state index contributed by atoms with van der Waals surface area (Å²) >= 11 is 11.8. The Hall–Kier alpha value is -2.38. The molecule has 1 aromatic carbocycles. The predicted octanol–water partition coefficient (Wildman–Crippen LogP) is 3.32. The average molecular weight is 399 g/mol. The molecule has 0 aliphatic carbocycles. The van der Waals surface area contributed by atoms with Crippen molar-refractivity contribution in [3.63, 3.8) is 0 Å². The lowest BCUT2D eigenvalue weighted by atomic mass is 10.2. The number of hydrogen-bond acceptors (Lipinski definition) is 5. The molecule has 3 N–H and O–H groups in total. The molecule has 26 heavy (non-hydrogen) atoms. The van der Waals surface area contributed by atoms with E-state index in [0.717, 1.165) is 5.56 Å². The van der Waals surface area contributed by atoms with Crippen molar-refractivity contribution >= 4 is 35.1 Å². The van der Waals surface area contributed by atoms with Crippen LogP contribution in [0.4, 0.5) is 10.6 Å². The molecule has 0 unspecified atom stereocenters. The van der Waals surface area contributed by atoms with Gasteiger partial charge in [-0.3, -0.25) is 0 Å². The fourth-order valence-corrected chi connectivity index (χ4v) is 2.58. The molecule has 0 aliphatic rings. The summed E-state index contributed by atoms with van der Waals surface area (Å²) in [5.74, 6) is 1.77. The average Bonchev–Trinajstić information content (AvgIpc) is 2.64. The summed E-state index contributed by atoms with van der Waals surface area (Å²) in [4.78, 5) is 15.9. The van der Waals surface area contributed by atoms with Crippen molar-refractivity contribution in [2.24, 2.45) is 0 Å². The number of aromatic nitrogens is 1. The van der Waals surface area contributed by atoms with Gasteiger partial charge in [-0.25, -0.2) is 9.78 Å². The number of carbonyl (C=O) groups excluding carboxylic acids is 1. The van der Waals surface area contributed by atoms with Gasteiger partial charge < -0.3 is 25.4 Å². The molecule has 2 rings (SSSR count). The maximum Gasteiger partial charge on any atom is 0.315 e. The molecule has 1 aromatic heterocycles. The van der Waals surface area contributed by atoms with Crippen molar-refractivity contribution in [3.8, 4) is 11.5 Å². The molecule has 0 radical (unpaired) electrons. The molecule has 7 nitrogen and oxygen atoms in total. The zero-order valence-electron chi connectivity index (χ0n) is 14.4. The Morgan fingerprint density at radius 2 is 1.85 bits per heavy atom. The van der Waals surface area contributed by atoms with Crippen molar-refractivity contribution in [1.82, 2.24) is 15.6 Å². The molecule has 0 spiro atoms. The first kappa shape index (κ1) is 19.9. The molecule has 0 aliphatic heterocycles. The van der Waals surface area contributed by atoms with Gasteiger partial charge in [0, 0.05) is 25.8 Å². The number of carbonyl (C=O) groups is 1. The predicted molar refractivity (Wildman–Crippen MR) is 103 cm³/mol. The van der Waals surface area contributed by atoms with Crippen molar-refractivity contribution in [2.75, 3.05) is 32.6 Å². The third kappa shape index (κ3) is 5.86. The normalized spacial score (nSPS) is 10.2. The van der Waals surface area contributed by atoms with Crippen molar-refractivity contribution in [3.05, 3.63) is 46.1 Å². The summed E-state index contributed by atoms with van der Waals surface area (Å²) < 4.78 is 10.4. The second kappa shape index (κ2) is 9.94. The summed E-state index contributed by atoms with van der Waals surface area (Å²) in [6.45, 7) is 1.24. The van der Waals surface area contributed by atoms with Gasteiger partial charge in [0.05, 0.1) is 24.3 Å². The quantitative estimate of drug-likeness (QED) is 0.593. The molecule has 0 saturated carbocycles. The molecule has 2 amide bonds. The van der Waals surface area contributed by atoms with Gasteiger partial charge in [0.15, 0.2) is 11.5 Å². The second-order valence-corrected chi connectivity index (χ2v) is 6.05. The molecule has 2 aromatic rings. The van der Waals surface area contributed by atoms with Gasteiger partial charge in [-0.15, -0.1) is 0 Å². The number of methoxy groups -OCH3 is 2. The lowest BCUT2D eigenvalue weighted by Crippen LogP contribution is -2.37. The Kier molecular flexibility index (Phi) is 7.62. The van der Waals surface area contributed by atoms with Crippen molar-refractivity contribution in [1.29, 1.82) is 0 Å². The van der Waals surface area contributed by atoms with E-state index in [4.69, 9.17) is 32.7 Å². The highest BCUT2D eigenvalue weighted by molar-refractivity contribution is 6.35. The van der Waals surface area contributed by atoms with Crippen LogP contribution in [0.3, 0.4) is 0 Å². The van der Waals surface area contributed by atoms with Crippen molar-refractivity contribution in [2.45, 2.75) is 6.54 Å². The van der Waals surface area contributed by atoms with E-state index in [9.17, 15) is 4.79 Å². The van der Waals surface area contributed by atoms with Gasteiger partial charge in [-0.2, -0.15) is 0 Å². The maximum absolute atomic E-state index is 11.9. The van der Waals surface area contributed by atoms with Crippen LogP contribution in [-0.2, 0) is 6.54 Å². The van der Waals surface area contributed by atoms with Crippen molar-refractivity contribution < 1.29 is 14.3 Å². The summed E-state index contributed by atoms with van der Waals surface area (Å²) in [5.41, 5.74) is 0.896. The minimum absolute atomic E-state index is 0.281. The monoisotopic (exact) mass is 398 g/mol. The first-order valence-corrected chi connectivity index (χ1v) is 8.56. The van der Waals surface area contributed by atoms with E-state index in [1.54, 1.807) is 26.4 Å². The van der Waals surface area contributed by atoms with E-state index in [-0.39, 0.29) is 6.03 Å².